The molecule has 1 fully saturated rings. The highest BCUT2D eigenvalue weighted by atomic mass is 15.2. The standard InChI is InChI=1S/C15H21N3/c1-17-10-9-14-4-2-3-11-18(14)15-7-5-13(12-16)6-8-15/h5-8,14,17H,2-4,9-11H2,1H3. The molecule has 3 nitrogen and oxygen atoms in total. The first kappa shape index (κ1) is 12.9. The molecule has 1 aliphatic heterocycles. The van der Waals surface area contributed by atoms with Crippen molar-refractivity contribution in [3.63, 3.8) is 0 Å². The molecule has 96 valence electrons. The van der Waals surface area contributed by atoms with Gasteiger partial charge in [0, 0.05) is 18.3 Å². The van der Waals surface area contributed by atoms with Crippen LogP contribution in [0.2, 0.25) is 0 Å². The number of nitriles is 1. The van der Waals surface area contributed by atoms with Gasteiger partial charge in [-0.25, -0.2) is 0 Å². The van der Waals surface area contributed by atoms with Crippen LogP contribution in [0.5, 0.6) is 0 Å². The summed E-state index contributed by atoms with van der Waals surface area (Å²) in [5, 5.41) is 12.1. The number of nitrogens with one attached hydrogen (secondary N) is 1. The van der Waals surface area contributed by atoms with Crippen molar-refractivity contribution >= 4 is 5.69 Å². The fourth-order valence-electron chi connectivity index (χ4n) is 2.68. The van der Waals surface area contributed by atoms with Gasteiger partial charge in [-0.2, -0.15) is 5.26 Å². The SMILES string of the molecule is CNCCC1CCCCN1c1ccc(C#N)cc1. The largest absolute Gasteiger partial charge is 0.369 e. The third kappa shape index (κ3) is 3.02. The van der Waals surface area contributed by atoms with Gasteiger partial charge in [-0.15, -0.1) is 0 Å². The van der Waals surface area contributed by atoms with Crippen LogP contribution < -0.4 is 10.2 Å². The van der Waals surface area contributed by atoms with Gasteiger partial charge in [-0.1, -0.05) is 0 Å². The molecule has 1 saturated heterocycles. The smallest absolute Gasteiger partial charge is 0.0991 e. The van der Waals surface area contributed by atoms with Crippen LogP contribution in [-0.2, 0) is 0 Å². The first-order valence-electron chi connectivity index (χ1n) is 6.76. The van der Waals surface area contributed by atoms with E-state index in [1.807, 2.05) is 19.2 Å². The van der Waals surface area contributed by atoms with E-state index in [-0.39, 0.29) is 0 Å². The molecule has 1 unspecified atom stereocenters. The molecule has 1 aromatic rings. The van der Waals surface area contributed by atoms with Crippen molar-refractivity contribution in [3.8, 4) is 6.07 Å². The summed E-state index contributed by atoms with van der Waals surface area (Å²) in [5.74, 6) is 0. The molecule has 1 N–H and O–H groups in total. The van der Waals surface area contributed by atoms with Crippen LogP contribution in [0.3, 0.4) is 0 Å². The number of nitrogens with zero attached hydrogens (tertiary/aromatic N) is 2. The predicted octanol–water partition coefficient (Wildman–Crippen LogP) is 2.53. The van der Waals surface area contributed by atoms with Gasteiger partial charge in [0.25, 0.3) is 0 Å². The number of anilines is 1. The van der Waals surface area contributed by atoms with Crippen molar-refractivity contribution in [2.45, 2.75) is 31.7 Å². The molecule has 0 bridgehead atoms. The monoisotopic (exact) mass is 243 g/mol. The Kier molecular flexibility index (Phi) is 4.60. The Morgan fingerprint density at radius 2 is 2.11 bits per heavy atom. The second kappa shape index (κ2) is 6.42. The number of piperidine rings is 1. The summed E-state index contributed by atoms with van der Waals surface area (Å²) in [6.45, 7) is 2.21. The van der Waals surface area contributed by atoms with Gasteiger partial charge < -0.3 is 10.2 Å². The summed E-state index contributed by atoms with van der Waals surface area (Å²) in [6.07, 6.45) is 5.08. The van der Waals surface area contributed by atoms with Crippen molar-refractivity contribution < 1.29 is 0 Å². The second-order valence-electron chi connectivity index (χ2n) is 4.89. The Bertz CT molecular complexity index is 405. The summed E-state index contributed by atoms with van der Waals surface area (Å²) in [5.41, 5.74) is 2.00. The van der Waals surface area contributed by atoms with E-state index in [4.69, 9.17) is 5.26 Å². The van der Waals surface area contributed by atoms with Crippen molar-refractivity contribution in [1.82, 2.24) is 5.32 Å². The molecule has 1 aliphatic rings. The number of hydrogen-bond donors (Lipinski definition) is 1. The third-order valence-electron chi connectivity index (χ3n) is 3.68. The average molecular weight is 243 g/mol. The van der Waals surface area contributed by atoms with Crippen molar-refractivity contribution in [3.05, 3.63) is 29.8 Å². The lowest BCUT2D eigenvalue weighted by Gasteiger charge is -2.37. The van der Waals surface area contributed by atoms with Gasteiger partial charge >= 0.3 is 0 Å². The highest BCUT2D eigenvalue weighted by Crippen LogP contribution is 2.26. The van der Waals surface area contributed by atoms with Crippen molar-refractivity contribution in [2.75, 3.05) is 25.0 Å². The number of benzene rings is 1. The van der Waals surface area contributed by atoms with E-state index < -0.39 is 0 Å². The first-order chi connectivity index (χ1) is 8.85. The zero-order valence-corrected chi connectivity index (χ0v) is 11.0. The Labute approximate surface area is 109 Å². The molecular weight excluding hydrogens is 222 g/mol. The van der Waals surface area contributed by atoms with Crippen molar-refractivity contribution in [2.24, 2.45) is 0 Å². The molecule has 0 radical (unpaired) electrons. The molecule has 0 amide bonds. The van der Waals surface area contributed by atoms with Crippen LogP contribution >= 0.6 is 0 Å². The van der Waals surface area contributed by atoms with Crippen LogP contribution in [0.1, 0.15) is 31.2 Å². The van der Waals surface area contributed by atoms with E-state index in [1.165, 1.54) is 31.4 Å². The van der Waals surface area contributed by atoms with Gasteiger partial charge in [0.2, 0.25) is 0 Å². The van der Waals surface area contributed by atoms with Gasteiger partial charge in [0.15, 0.2) is 0 Å². The molecule has 18 heavy (non-hydrogen) atoms. The maximum atomic E-state index is 8.84. The molecule has 2 rings (SSSR count). The maximum absolute atomic E-state index is 8.84. The minimum absolute atomic E-state index is 0.638. The molecule has 0 saturated carbocycles. The Hall–Kier alpha value is -1.53. The van der Waals surface area contributed by atoms with Gasteiger partial charge in [-0.05, 0) is 63.5 Å². The van der Waals surface area contributed by atoms with E-state index in [2.05, 4.69) is 28.4 Å². The van der Waals surface area contributed by atoms with Crippen LogP contribution in [0.4, 0.5) is 5.69 Å². The summed E-state index contributed by atoms with van der Waals surface area (Å²) in [4.78, 5) is 2.50. The second-order valence-corrected chi connectivity index (χ2v) is 4.89. The molecule has 0 aliphatic carbocycles. The molecule has 1 heterocycles. The van der Waals surface area contributed by atoms with Crippen LogP contribution in [0.15, 0.2) is 24.3 Å². The first-order valence-corrected chi connectivity index (χ1v) is 6.76. The van der Waals surface area contributed by atoms with E-state index in [9.17, 15) is 0 Å². The lowest BCUT2D eigenvalue weighted by atomic mass is 9.98. The van der Waals surface area contributed by atoms with E-state index in [0.717, 1.165) is 18.7 Å². The number of hydrogen-bond acceptors (Lipinski definition) is 3. The van der Waals surface area contributed by atoms with Crippen LogP contribution in [-0.4, -0.2) is 26.2 Å². The predicted molar refractivity (Wildman–Crippen MR) is 74.7 cm³/mol. The minimum atomic E-state index is 0.638. The van der Waals surface area contributed by atoms with Crippen LogP contribution in [0, 0.1) is 11.3 Å². The summed E-state index contributed by atoms with van der Waals surface area (Å²) in [6, 6.07) is 10.8. The highest BCUT2D eigenvalue weighted by Gasteiger charge is 2.21. The third-order valence-corrected chi connectivity index (χ3v) is 3.68. The van der Waals surface area contributed by atoms with Gasteiger partial charge in [-0.3, -0.25) is 0 Å². The Balaban J connectivity index is 2.09. The summed E-state index contributed by atoms with van der Waals surface area (Å²) < 4.78 is 0. The Morgan fingerprint density at radius 3 is 2.78 bits per heavy atom. The van der Waals surface area contributed by atoms with Gasteiger partial charge in [0.1, 0.15) is 0 Å². The molecule has 1 aromatic carbocycles. The molecule has 3 heteroatoms. The zero-order chi connectivity index (χ0) is 12.8. The average Bonchev–Trinajstić information content (AvgIpc) is 2.45. The summed E-state index contributed by atoms with van der Waals surface area (Å²) >= 11 is 0. The summed E-state index contributed by atoms with van der Waals surface area (Å²) in [7, 11) is 2.01. The normalized spacial score (nSPS) is 19.6. The lowest BCUT2D eigenvalue weighted by molar-refractivity contribution is 0.433. The number of rotatable bonds is 4. The zero-order valence-electron chi connectivity index (χ0n) is 11.0. The lowest BCUT2D eigenvalue weighted by Crippen LogP contribution is -2.41. The fraction of sp³-hybridized carbons (Fsp3) is 0.533. The fourth-order valence-corrected chi connectivity index (χ4v) is 2.68. The highest BCUT2D eigenvalue weighted by molar-refractivity contribution is 5.50. The van der Waals surface area contributed by atoms with E-state index in [1.54, 1.807) is 0 Å². The van der Waals surface area contributed by atoms with Gasteiger partial charge in [0.05, 0.1) is 11.6 Å². The van der Waals surface area contributed by atoms with E-state index in [0.29, 0.717) is 6.04 Å². The maximum Gasteiger partial charge on any atom is 0.0991 e. The molecular formula is C15H21N3. The van der Waals surface area contributed by atoms with Crippen LogP contribution in [0.25, 0.3) is 0 Å². The topological polar surface area (TPSA) is 39.1 Å². The van der Waals surface area contributed by atoms with Crippen molar-refractivity contribution in [1.29, 1.82) is 5.26 Å². The van der Waals surface area contributed by atoms with E-state index >= 15 is 0 Å². The quantitative estimate of drug-likeness (QED) is 0.883. The minimum Gasteiger partial charge on any atom is -0.369 e. The molecule has 0 spiro atoms. The Morgan fingerprint density at radius 1 is 1.33 bits per heavy atom. The molecule has 0 aromatic heterocycles. The molecule has 1 atom stereocenters.